The molecular weight excluding hydrogens is 285 g/mol. The predicted molar refractivity (Wildman–Crippen MR) is 58.9 cm³/mol. The summed E-state index contributed by atoms with van der Waals surface area (Å²) in [6.45, 7) is 0. The molecule has 0 bridgehead atoms. The first-order chi connectivity index (χ1) is 7.41. The number of rotatable bonds is 0. The molecule has 16 heavy (non-hydrogen) atoms. The van der Waals surface area contributed by atoms with E-state index in [1.54, 1.807) is 0 Å². The fourth-order valence-corrected chi connectivity index (χ4v) is 1.86. The van der Waals surface area contributed by atoms with Crippen LogP contribution in [-0.2, 0) is 6.18 Å². The number of aromatic nitrogens is 1. The van der Waals surface area contributed by atoms with E-state index in [-0.39, 0.29) is 5.52 Å². The fraction of sp³-hybridized carbons (Fsp3) is 0.100. The first-order valence-electron chi connectivity index (χ1n) is 4.31. The van der Waals surface area contributed by atoms with Crippen molar-refractivity contribution >= 4 is 32.5 Å². The van der Waals surface area contributed by atoms with Crippen LogP contribution in [0, 0.1) is 0 Å². The zero-order valence-electron chi connectivity index (χ0n) is 7.85. The van der Waals surface area contributed by atoms with Crippen molar-refractivity contribution in [2.45, 2.75) is 6.18 Å². The minimum Gasteiger partial charge on any atom is -0.397 e. The lowest BCUT2D eigenvalue weighted by Gasteiger charge is -2.10. The van der Waals surface area contributed by atoms with Gasteiger partial charge in [-0.3, -0.25) is 4.98 Å². The zero-order valence-corrected chi connectivity index (χ0v) is 9.43. The molecule has 0 aliphatic carbocycles. The molecule has 2 nitrogen and oxygen atoms in total. The Morgan fingerprint density at radius 3 is 2.56 bits per heavy atom. The normalized spacial score (nSPS) is 12.0. The van der Waals surface area contributed by atoms with E-state index in [4.69, 9.17) is 5.73 Å². The molecule has 0 aliphatic rings. The van der Waals surface area contributed by atoms with Crippen molar-refractivity contribution in [2.24, 2.45) is 0 Å². The Balaban J connectivity index is 2.85. The fourth-order valence-electron chi connectivity index (χ4n) is 1.43. The second kappa shape index (κ2) is 3.62. The van der Waals surface area contributed by atoms with Crippen LogP contribution in [0.15, 0.2) is 28.9 Å². The average Bonchev–Trinajstić information content (AvgIpc) is 2.21. The van der Waals surface area contributed by atoms with Gasteiger partial charge in [0.2, 0.25) is 0 Å². The number of benzene rings is 1. The summed E-state index contributed by atoms with van der Waals surface area (Å²) in [5.41, 5.74) is 5.01. The highest BCUT2D eigenvalue weighted by Crippen LogP contribution is 2.37. The Hall–Kier alpha value is -1.30. The molecule has 0 saturated carbocycles. The molecule has 0 radical (unpaired) electrons. The summed E-state index contributed by atoms with van der Waals surface area (Å²) in [6, 6.07) is 3.87. The van der Waals surface area contributed by atoms with Crippen molar-refractivity contribution in [2.75, 3.05) is 5.73 Å². The van der Waals surface area contributed by atoms with Gasteiger partial charge in [-0.05, 0) is 22.0 Å². The molecule has 2 rings (SSSR count). The van der Waals surface area contributed by atoms with Crippen LogP contribution < -0.4 is 5.73 Å². The van der Waals surface area contributed by atoms with E-state index in [1.807, 2.05) is 0 Å². The van der Waals surface area contributed by atoms with Crippen molar-refractivity contribution in [1.29, 1.82) is 0 Å². The van der Waals surface area contributed by atoms with E-state index < -0.39 is 11.7 Å². The lowest BCUT2D eigenvalue weighted by molar-refractivity contribution is -0.136. The molecule has 0 saturated heterocycles. The van der Waals surface area contributed by atoms with Crippen molar-refractivity contribution in [3.63, 3.8) is 0 Å². The van der Waals surface area contributed by atoms with Crippen LogP contribution in [0.5, 0.6) is 0 Å². The molecule has 84 valence electrons. The van der Waals surface area contributed by atoms with Crippen molar-refractivity contribution in [3.8, 4) is 0 Å². The van der Waals surface area contributed by atoms with Crippen LogP contribution in [-0.4, -0.2) is 4.98 Å². The molecule has 0 amide bonds. The van der Waals surface area contributed by atoms with Gasteiger partial charge in [-0.25, -0.2) is 0 Å². The number of hydrogen-bond donors (Lipinski definition) is 1. The number of hydrogen-bond acceptors (Lipinski definition) is 2. The molecular formula is C10H6BrF3N2. The highest BCUT2D eigenvalue weighted by Gasteiger charge is 2.33. The lowest BCUT2D eigenvalue weighted by Crippen LogP contribution is -2.06. The largest absolute Gasteiger partial charge is 0.418 e. The standard InChI is InChI=1S/C10H6BrF3N2/c11-8-5-2-1-3-6(10(12,13)14)9(5)16-4-7(8)15/h1-4H,15H2. The molecule has 1 aromatic carbocycles. The van der Waals surface area contributed by atoms with Gasteiger partial charge in [0, 0.05) is 5.39 Å². The highest BCUT2D eigenvalue weighted by molar-refractivity contribution is 9.10. The van der Waals surface area contributed by atoms with Gasteiger partial charge in [-0.15, -0.1) is 0 Å². The van der Waals surface area contributed by atoms with Gasteiger partial charge in [0.1, 0.15) is 0 Å². The Bertz CT molecular complexity index is 551. The summed E-state index contributed by atoms with van der Waals surface area (Å²) in [4.78, 5) is 3.73. The molecule has 2 aromatic rings. The summed E-state index contributed by atoms with van der Waals surface area (Å²) in [5, 5.41) is 0.356. The third kappa shape index (κ3) is 1.73. The number of pyridine rings is 1. The number of para-hydroxylation sites is 1. The van der Waals surface area contributed by atoms with E-state index in [0.717, 1.165) is 6.07 Å². The van der Waals surface area contributed by atoms with Gasteiger partial charge in [0.25, 0.3) is 0 Å². The summed E-state index contributed by atoms with van der Waals surface area (Å²) < 4.78 is 38.4. The van der Waals surface area contributed by atoms with Crippen LogP contribution >= 0.6 is 15.9 Å². The average molecular weight is 291 g/mol. The van der Waals surface area contributed by atoms with E-state index in [0.29, 0.717) is 15.5 Å². The SMILES string of the molecule is Nc1cnc2c(C(F)(F)F)cccc2c1Br. The van der Waals surface area contributed by atoms with Crippen molar-refractivity contribution < 1.29 is 13.2 Å². The second-order valence-electron chi connectivity index (χ2n) is 3.23. The first kappa shape index (κ1) is 11.2. The first-order valence-corrected chi connectivity index (χ1v) is 5.10. The van der Waals surface area contributed by atoms with Crippen LogP contribution in [0.25, 0.3) is 10.9 Å². The smallest absolute Gasteiger partial charge is 0.397 e. The van der Waals surface area contributed by atoms with Gasteiger partial charge in [0.05, 0.1) is 27.4 Å². The summed E-state index contributed by atoms with van der Waals surface area (Å²) in [6.07, 6.45) is -3.20. The van der Waals surface area contributed by atoms with E-state index in [1.165, 1.54) is 18.3 Å². The Labute approximate surface area is 97.4 Å². The quantitative estimate of drug-likeness (QED) is 0.805. The van der Waals surface area contributed by atoms with Crippen molar-refractivity contribution in [3.05, 3.63) is 34.4 Å². The summed E-state index contributed by atoms with van der Waals surface area (Å²) >= 11 is 3.15. The molecule has 0 atom stereocenters. The predicted octanol–water partition coefficient (Wildman–Crippen LogP) is 3.60. The van der Waals surface area contributed by atoms with Gasteiger partial charge in [-0.1, -0.05) is 12.1 Å². The number of halogens is 4. The molecule has 0 aliphatic heterocycles. The monoisotopic (exact) mass is 290 g/mol. The Kier molecular flexibility index (Phi) is 2.53. The summed E-state index contributed by atoms with van der Waals surface area (Å²) in [5.74, 6) is 0. The van der Waals surface area contributed by atoms with Crippen LogP contribution in [0.1, 0.15) is 5.56 Å². The van der Waals surface area contributed by atoms with Gasteiger partial charge >= 0.3 is 6.18 Å². The minimum atomic E-state index is -4.41. The van der Waals surface area contributed by atoms with Crippen LogP contribution in [0.2, 0.25) is 0 Å². The topological polar surface area (TPSA) is 38.9 Å². The highest BCUT2D eigenvalue weighted by atomic mass is 79.9. The third-order valence-electron chi connectivity index (χ3n) is 2.16. The molecule has 6 heteroatoms. The Morgan fingerprint density at radius 1 is 1.25 bits per heavy atom. The zero-order chi connectivity index (χ0) is 11.9. The maximum atomic E-state index is 12.7. The number of fused-ring (bicyclic) bond motifs is 1. The van der Waals surface area contributed by atoms with Gasteiger partial charge < -0.3 is 5.73 Å². The van der Waals surface area contributed by atoms with Crippen LogP contribution in [0.4, 0.5) is 18.9 Å². The van der Waals surface area contributed by atoms with Gasteiger partial charge in [-0.2, -0.15) is 13.2 Å². The summed E-state index contributed by atoms with van der Waals surface area (Å²) in [7, 11) is 0. The second-order valence-corrected chi connectivity index (χ2v) is 4.02. The molecule has 0 fully saturated rings. The van der Waals surface area contributed by atoms with Crippen molar-refractivity contribution in [1.82, 2.24) is 4.98 Å². The number of nitrogen functional groups attached to an aromatic ring is 1. The number of nitrogens with zero attached hydrogens (tertiary/aromatic N) is 1. The van der Waals surface area contributed by atoms with E-state index >= 15 is 0 Å². The number of alkyl halides is 3. The molecule has 2 N–H and O–H groups in total. The maximum Gasteiger partial charge on any atom is 0.418 e. The number of nitrogens with two attached hydrogens (primary N) is 1. The number of anilines is 1. The lowest BCUT2D eigenvalue weighted by atomic mass is 10.1. The van der Waals surface area contributed by atoms with Crippen LogP contribution in [0.3, 0.4) is 0 Å². The molecule has 0 unspecified atom stereocenters. The molecule has 1 heterocycles. The van der Waals surface area contributed by atoms with E-state index in [2.05, 4.69) is 20.9 Å². The molecule has 1 aromatic heterocycles. The van der Waals surface area contributed by atoms with Gasteiger partial charge in [0.15, 0.2) is 0 Å². The minimum absolute atomic E-state index is 0.101. The van der Waals surface area contributed by atoms with E-state index in [9.17, 15) is 13.2 Å². The molecule has 0 spiro atoms. The Morgan fingerprint density at radius 2 is 1.94 bits per heavy atom. The third-order valence-corrected chi connectivity index (χ3v) is 3.05. The maximum absolute atomic E-state index is 12.7.